The maximum absolute atomic E-state index is 5.56. The number of rotatable bonds is 6. The molecule has 0 atom stereocenters. The summed E-state index contributed by atoms with van der Waals surface area (Å²) in [5.74, 6) is 2.07. The van der Waals surface area contributed by atoms with Gasteiger partial charge in [-0.25, -0.2) is 0 Å². The van der Waals surface area contributed by atoms with E-state index in [1.807, 2.05) is 18.8 Å². The lowest BCUT2D eigenvalue weighted by Crippen LogP contribution is -2.48. The topological polar surface area (TPSA) is 41.8 Å². The van der Waals surface area contributed by atoms with Gasteiger partial charge in [-0.2, -0.15) is 11.8 Å². The first kappa shape index (κ1) is 19.7. The minimum absolute atomic E-state index is 0.262. The van der Waals surface area contributed by atoms with E-state index in [0.29, 0.717) is 0 Å². The zero-order valence-corrected chi connectivity index (χ0v) is 17.5. The predicted molar refractivity (Wildman–Crippen MR) is 107 cm³/mol. The smallest absolute Gasteiger partial charge is 0.193 e. The number of thioether (sulfide) groups is 1. The van der Waals surface area contributed by atoms with E-state index in [9.17, 15) is 0 Å². The van der Waals surface area contributed by atoms with Crippen LogP contribution in [0.4, 0.5) is 0 Å². The van der Waals surface area contributed by atoms with Crippen molar-refractivity contribution < 1.29 is 4.74 Å². The third-order valence-corrected chi connectivity index (χ3v) is 6.36. The fourth-order valence-electron chi connectivity index (χ4n) is 3.09. The predicted octanol–water partition coefficient (Wildman–Crippen LogP) is 3.10. The molecule has 1 saturated heterocycles. The van der Waals surface area contributed by atoms with Crippen LogP contribution in [0.1, 0.15) is 25.5 Å². The van der Waals surface area contributed by atoms with Gasteiger partial charge >= 0.3 is 0 Å². The Labute approximate surface area is 158 Å². The molecule has 1 aromatic heterocycles. The molecular formula is C17H29BrN4OS. The van der Waals surface area contributed by atoms with Gasteiger partial charge in [0, 0.05) is 62.0 Å². The highest BCUT2D eigenvalue weighted by molar-refractivity contribution is 9.10. The number of nitrogens with zero attached hydrogens (tertiary/aromatic N) is 3. The van der Waals surface area contributed by atoms with E-state index < -0.39 is 0 Å². The van der Waals surface area contributed by atoms with Crippen LogP contribution in [-0.4, -0.2) is 59.8 Å². The molecule has 1 N–H and O–H groups in total. The quantitative estimate of drug-likeness (QED) is 0.571. The second-order valence-corrected chi connectivity index (χ2v) is 8.89. The van der Waals surface area contributed by atoms with Crippen molar-refractivity contribution in [2.45, 2.75) is 31.1 Å². The molecule has 0 bridgehead atoms. The molecule has 7 heteroatoms. The Hall–Kier alpha value is -0.660. The van der Waals surface area contributed by atoms with Gasteiger partial charge in [-0.1, -0.05) is 6.92 Å². The molecule has 0 saturated carbocycles. The Morgan fingerprint density at radius 1 is 1.50 bits per heavy atom. The fraction of sp³-hybridized carbons (Fsp3) is 0.706. The van der Waals surface area contributed by atoms with Gasteiger partial charge in [0.05, 0.1) is 6.54 Å². The molecule has 0 aromatic carbocycles. The molecule has 0 amide bonds. The third-order valence-electron chi connectivity index (χ3n) is 4.47. The first-order valence-electron chi connectivity index (χ1n) is 8.44. The minimum atomic E-state index is 0.262. The number of guanidine groups is 1. The lowest BCUT2D eigenvalue weighted by atomic mass is 9.99. The molecule has 2 rings (SSSR count). The normalized spacial score (nSPS) is 17.8. The standard InChI is InChI=1S/C17H29BrN4OS/c1-5-24-17(6-8-23-9-7-17)13-20-16(19-2)22(4)12-15-10-14(18)11-21(15)3/h10-11H,5-9,12-13H2,1-4H3,(H,19,20). The van der Waals surface area contributed by atoms with Crippen LogP contribution in [0.15, 0.2) is 21.7 Å². The van der Waals surface area contributed by atoms with E-state index in [4.69, 9.17) is 4.74 Å². The molecule has 1 aliphatic rings. The highest BCUT2D eigenvalue weighted by Gasteiger charge is 2.33. The van der Waals surface area contributed by atoms with Crippen LogP contribution in [0.3, 0.4) is 0 Å². The summed E-state index contributed by atoms with van der Waals surface area (Å²) in [4.78, 5) is 6.64. The molecule has 0 spiro atoms. The Balaban J connectivity index is 1.96. The number of aryl methyl sites for hydroxylation is 1. The molecule has 0 radical (unpaired) electrons. The van der Waals surface area contributed by atoms with Gasteiger partial charge in [-0.15, -0.1) is 0 Å². The summed E-state index contributed by atoms with van der Waals surface area (Å²) >= 11 is 5.58. The van der Waals surface area contributed by atoms with Crippen molar-refractivity contribution in [2.75, 3.05) is 39.6 Å². The Kier molecular flexibility index (Phi) is 7.50. The van der Waals surface area contributed by atoms with E-state index in [2.05, 4.69) is 69.0 Å². The lowest BCUT2D eigenvalue weighted by Gasteiger charge is -2.37. The summed E-state index contributed by atoms with van der Waals surface area (Å²) < 4.78 is 9.07. The Morgan fingerprint density at radius 2 is 2.21 bits per heavy atom. The van der Waals surface area contributed by atoms with E-state index in [0.717, 1.165) is 55.3 Å². The zero-order chi connectivity index (χ0) is 17.6. The monoisotopic (exact) mass is 416 g/mol. The number of hydrogen-bond donors (Lipinski definition) is 1. The van der Waals surface area contributed by atoms with Gasteiger partial charge in [-0.3, -0.25) is 4.99 Å². The lowest BCUT2D eigenvalue weighted by molar-refractivity contribution is 0.0780. The molecule has 136 valence electrons. The van der Waals surface area contributed by atoms with Gasteiger partial charge in [0.2, 0.25) is 0 Å². The number of ether oxygens (including phenoxy) is 1. The van der Waals surface area contributed by atoms with Gasteiger partial charge in [0.15, 0.2) is 5.96 Å². The van der Waals surface area contributed by atoms with E-state index in [1.54, 1.807) is 0 Å². The molecule has 1 aromatic rings. The Bertz CT molecular complexity index is 549. The maximum Gasteiger partial charge on any atom is 0.193 e. The first-order valence-corrected chi connectivity index (χ1v) is 10.2. The molecule has 5 nitrogen and oxygen atoms in total. The fourth-order valence-corrected chi connectivity index (χ4v) is 4.90. The van der Waals surface area contributed by atoms with Crippen molar-refractivity contribution in [2.24, 2.45) is 12.0 Å². The molecule has 1 aliphatic heterocycles. The maximum atomic E-state index is 5.56. The zero-order valence-electron chi connectivity index (χ0n) is 15.1. The summed E-state index contributed by atoms with van der Waals surface area (Å²) in [5, 5.41) is 3.59. The second kappa shape index (κ2) is 9.15. The van der Waals surface area contributed by atoms with E-state index in [-0.39, 0.29) is 4.75 Å². The van der Waals surface area contributed by atoms with Crippen molar-refractivity contribution in [3.8, 4) is 0 Å². The van der Waals surface area contributed by atoms with Gasteiger partial charge < -0.3 is 19.5 Å². The molecule has 0 unspecified atom stereocenters. The number of nitrogens with one attached hydrogen (secondary N) is 1. The Morgan fingerprint density at radius 3 is 2.75 bits per heavy atom. The van der Waals surface area contributed by atoms with Gasteiger partial charge in [-0.05, 0) is 40.6 Å². The summed E-state index contributed by atoms with van der Waals surface area (Å²) in [5.41, 5.74) is 1.25. The van der Waals surface area contributed by atoms with Crippen LogP contribution in [0.5, 0.6) is 0 Å². The summed E-state index contributed by atoms with van der Waals surface area (Å²) in [7, 11) is 6.00. The summed E-state index contributed by atoms with van der Waals surface area (Å²) in [6.45, 7) is 5.71. The molecule has 2 heterocycles. The summed E-state index contributed by atoms with van der Waals surface area (Å²) in [6, 6.07) is 2.15. The largest absolute Gasteiger partial charge is 0.381 e. The van der Waals surface area contributed by atoms with Crippen molar-refractivity contribution in [3.05, 3.63) is 22.4 Å². The average Bonchev–Trinajstić information content (AvgIpc) is 2.86. The highest BCUT2D eigenvalue weighted by atomic mass is 79.9. The number of halogens is 1. The van der Waals surface area contributed by atoms with Crippen molar-refractivity contribution in [1.29, 1.82) is 0 Å². The van der Waals surface area contributed by atoms with Crippen LogP contribution in [0.2, 0.25) is 0 Å². The second-order valence-electron chi connectivity index (χ2n) is 6.25. The van der Waals surface area contributed by atoms with Crippen molar-refractivity contribution in [3.63, 3.8) is 0 Å². The summed E-state index contributed by atoms with van der Waals surface area (Å²) in [6.07, 6.45) is 4.28. The number of aromatic nitrogens is 1. The van der Waals surface area contributed by atoms with Crippen LogP contribution < -0.4 is 5.32 Å². The van der Waals surface area contributed by atoms with Crippen LogP contribution in [0, 0.1) is 0 Å². The van der Waals surface area contributed by atoms with Crippen molar-refractivity contribution in [1.82, 2.24) is 14.8 Å². The first-order chi connectivity index (χ1) is 11.5. The van der Waals surface area contributed by atoms with Gasteiger partial charge in [0.1, 0.15) is 0 Å². The molecule has 24 heavy (non-hydrogen) atoms. The number of aliphatic imine (C=N–C) groups is 1. The molecule has 1 fully saturated rings. The van der Waals surface area contributed by atoms with E-state index >= 15 is 0 Å². The van der Waals surface area contributed by atoms with Crippen LogP contribution in [-0.2, 0) is 18.3 Å². The minimum Gasteiger partial charge on any atom is -0.381 e. The van der Waals surface area contributed by atoms with E-state index in [1.165, 1.54) is 5.69 Å². The van der Waals surface area contributed by atoms with Crippen LogP contribution in [0.25, 0.3) is 0 Å². The third kappa shape index (κ3) is 5.17. The highest BCUT2D eigenvalue weighted by Crippen LogP contribution is 2.34. The van der Waals surface area contributed by atoms with Crippen molar-refractivity contribution >= 4 is 33.7 Å². The van der Waals surface area contributed by atoms with Crippen LogP contribution >= 0.6 is 27.7 Å². The number of hydrogen-bond acceptors (Lipinski definition) is 3. The SMILES string of the molecule is CCSC1(CNC(=NC)N(C)Cc2cc(Br)cn2C)CCOCC1. The van der Waals surface area contributed by atoms with Gasteiger partial charge in [0.25, 0.3) is 0 Å². The average molecular weight is 417 g/mol. The molecular weight excluding hydrogens is 388 g/mol. The molecule has 0 aliphatic carbocycles.